The Bertz CT molecular complexity index is 344. The maximum Gasteiger partial charge on any atom is 0.325 e. The smallest absolute Gasteiger partial charge is 0.325 e. The van der Waals surface area contributed by atoms with Crippen molar-refractivity contribution in [3.05, 3.63) is 41.5 Å². The van der Waals surface area contributed by atoms with Crippen LogP contribution >= 0.6 is 0 Å². The lowest BCUT2D eigenvalue weighted by atomic mass is 10.1. The molecule has 0 radical (unpaired) electrons. The van der Waals surface area contributed by atoms with E-state index in [-0.39, 0.29) is 0 Å². The van der Waals surface area contributed by atoms with Crippen LogP contribution in [0.3, 0.4) is 0 Å². The maximum atomic E-state index is 5.62. The first-order valence-corrected chi connectivity index (χ1v) is 7.99. The Labute approximate surface area is 106 Å². The van der Waals surface area contributed by atoms with E-state index in [1.165, 1.54) is 11.1 Å². The predicted octanol–water partition coefficient (Wildman–Crippen LogP) is 3.30. The zero-order valence-corrected chi connectivity index (χ0v) is 12.1. The summed E-state index contributed by atoms with van der Waals surface area (Å²) in [5.41, 5.74) is 2.57. The van der Waals surface area contributed by atoms with E-state index in [4.69, 9.17) is 8.85 Å². The fourth-order valence-corrected chi connectivity index (χ4v) is 3.11. The van der Waals surface area contributed by atoms with Crippen molar-refractivity contribution >= 4 is 15.4 Å². The zero-order valence-electron chi connectivity index (χ0n) is 11.0. The van der Waals surface area contributed by atoms with Crippen molar-refractivity contribution < 1.29 is 8.85 Å². The van der Waals surface area contributed by atoms with Crippen LogP contribution in [0.15, 0.2) is 30.3 Å². The third-order valence-corrected chi connectivity index (χ3v) is 4.59. The summed E-state index contributed by atoms with van der Waals surface area (Å²) in [5, 5.41) is 0. The van der Waals surface area contributed by atoms with Gasteiger partial charge in [0.05, 0.1) is 0 Å². The van der Waals surface area contributed by atoms with Gasteiger partial charge in [-0.3, -0.25) is 0 Å². The summed E-state index contributed by atoms with van der Waals surface area (Å²) in [5.74, 6) is 0. The quantitative estimate of drug-likeness (QED) is 0.691. The molecule has 0 aliphatic heterocycles. The fourth-order valence-electron chi connectivity index (χ4n) is 1.64. The Morgan fingerprint density at radius 2 is 1.76 bits per heavy atom. The van der Waals surface area contributed by atoms with E-state index in [2.05, 4.69) is 43.3 Å². The van der Waals surface area contributed by atoms with Gasteiger partial charge in [0.25, 0.3) is 0 Å². The van der Waals surface area contributed by atoms with Crippen LogP contribution in [-0.2, 0) is 8.85 Å². The molecule has 0 spiro atoms. The summed E-state index contributed by atoms with van der Waals surface area (Å²) in [6.07, 6.45) is 4.33. The van der Waals surface area contributed by atoms with Gasteiger partial charge >= 0.3 is 9.28 Å². The molecule has 0 bridgehead atoms. The van der Waals surface area contributed by atoms with Crippen molar-refractivity contribution in [2.24, 2.45) is 0 Å². The molecular weight excluding hydrogens is 228 g/mol. The number of hydrogen-bond acceptors (Lipinski definition) is 2. The van der Waals surface area contributed by atoms with Gasteiger partial charge in [0.1, 0.15) is 0 Å². The normalized spacial score (nSPS) is 11.5. The number of allylic oxidation sites excluding steroid dienone is 1. The maximum absolute atomic E-state index is 5.62. The van der Waals surface area contributed by atoms with Gasteiger partial charge < -0.3 is 8.85 Å². The summed E-state index contributed by atoms with van der Waals surface area (Å²) in [7, 11) is -1.48. The SMILES string of the molecule is CCO[SiH](CC=Cc1ccccc1C)OCC. The average molecular weight is 250 g/mol. The van der Waals surface area contributed by atoms with Gasteiger partial charge in [0.2, 0.25) is 0 Å². The van der Waals surface area contributed by atoms with Gasteiger partial charge in [0.15, 0.2) is 0 Å². The minimum atomic E-state index is -1.48. The predicted molar refractivity (Wildman–Crippen MR) is 75.4 cm³/mol. The standard InChI is InChI=1S/C14H22O2Si/c1-4-15-17(16-5-2)12-8-11-14-10-7-6-9-13(14)3/h6-11,17H,4-5,12H2,1-3H3. The summed E-state index contributed by atoms with van der Waals surface area (Å²) >= 11 is 0. The van der Waals surface area contributed by atoms with E-state index in [1.54, 1.807) is 0 Å². The van der Waals surface area contributed by atoms with Gasteiger partial charge in [-0.25, -0.2) is 0 Å². The van der Waals surface area contributed by atoms with Crippen LogP contribution in [0.25, 0.3) is 6.08 Å². The van der Waals surface area contributed by atoms with E-state index in [9.17, 15) is 0 Å². The monoisotopic (exact) mass is 250 g/mol. The second-order valence-electron chi connectivity index (χ2n) is 3.83. The molecule has 0 aliphatic carbocycles. The highest BCUT2D eigenvalue weighted by Crippen LogP contribution is 2.10. The van der Waals surface area contributed by atoms with Crippen LogP contribution in [0.4, 0.5) is 0 Å². The lowest BCUT2D eigenvalue weighted by molar-refractivity contribution is 0.216. The van der Waals surface area contributed by atoms with Crippen LogP contribution < -0.4 is 0 Å². The van der Waals surface area contributed by atoms with Crippen LogP contribution in [-0.4, -0.2) is 22.5 Å². The van der Waals surface area contributed by atoms with Crippen LogP contribution in [0.5, 0.6) is 0 Å². The summed E-state index contributed by atoms with van der Waals surface area (Å²) in [4.78, 5) is 0. The molecule has 2 nitrogen and oxygen atoms in total. The highest BCUT2D eigenvalue weighted by atomic mass is 28.3. The fraction of sp³-hybridized carbons (Fsp3) is 0.429. The summed E-state index contributed by atoms with van der Waals surface area (Å²) in [6.45, 7) is 7.65. The molecule has 0 amide bonds. The Balaban J connectivity index is 2.50. The molecule has 0 saturated heterocycles. The Morgan fingerprint density at radius 3 is 2.35 bits per heavy atom. The zero-order chi connectivity index (χ0) is 12.5. The van der Waals surface area contributed by atoms with Crippen LogP contribution in [0.2, 0.25) is 6.04 Å². The molecule has 0 N–H and O–H groups in total. The van der Waals surface area contributed by atoms with Gasteiger partial charge in [-0.2, -0.15) is 0 Å². The molecule has 0 saturated carbocycles. The van der Waals surface area contributed by atoms with Crippen molar-refractivity contribution in [1.82, 2.24) is 0 Å². The van der Waals surface area contributed by atoms with E-state index in [0.717, 1.165) is 19.3 Å². The molecule has 0 aromatic heterocycles. The summed E-state index contributed by atoms with van der Waals surface area (Å²) < 4.78 is 11.2. The molecule has 94 valence electrons. The number of aryl methyl sites for hydroxylation is 1. The van der Waals surface area contributed by atoms with Gasteiger partial charge in [-0.15, -0.1) is 0 Å². The summed E-state index contributed by atoms with van der Waals surface area (Å²) in [6, 6.07) is 9.30. The Hall–Kier alpha value is -0.903. The third-order valence-electron chi connectivity index (χ3n) is 2.52. The van der Waals surface area contributed by atoms with Gasteiger partial charge in [-0.05, 0) is 31.9 Å². The lowest BCUT2D eigenvalue weighted by Gasteiger charge is -2.12. The largest absolute Gasteiger partial charge is 0.397 e. The molecule has 1 aromatic carbocycles. The average Bonchev–Trinajstić information content (AvgIpc) is 2.32. The van der Waals surface area contributed by atoms with Crippen molar-refractivity contribution in [1.29, 1.82) is 0 Å². The van der Waals surface area contributed by atoms with Gasteiger partial charge in [0, 0.05) is 19.3 Å². The highest BCUT2D eigenvalue weighted by molar-refractivity contribution is 6.45. The molecule has 0 atom stereocenters. The van der Waals surface area contributed by atoms with Crippen molar-refractivity contribution in [2.75, 3.05) is 13.2 Å². The van der Waals surface area contributed by atoms with Gasteiger partial charge in [-0.1, -0.05) is 36.4 Å². The van der Waals surface area contributed by atoms with Crippen molar-refractivity contribution in [3.8, 4) is 0 Å². The lowest BCUT2D eigenvalue weighted by Crippen LogP contribution is -2.21. The Morgan fingerprint density at radius 1 is 1.12 bits per heavy atom. The first-order chi connectivity index (χ1) is 8.27. The topological polar surface area (TPSA) is 18.5 Å². The number of hydrogen-bond donors (Lipinski definition) is 0. The van der Waals surface area contributed by atoms with Crippen molar-refractivity contribution in [3.63, 3.8) is 0 Å². The number of rotatable bonds is 7. The molecule has 0 heterocycles. The van der Waals surface area contributed by atoms with E-state index in [0.29, 0.717) is 0 Å². The first kappa shape index (κ1) is 14.2. The highest BCUT2D eigenvalue weighted by Gasteiger charge is 2.08. The second kappa shape index (κ2) is 8.23. The second-order valence-corrected chi connectivity index (χ2v) is 5.83. The minimum Gasteiger partial charge on any atom is -0.397 e. The molecule has 17 heavy (non-hydrogen) atoms. The van der Waals surface area contributed by atoms with E-state index >= 15 is 0 Å². The van der Waals surface area contributed by atoms with Crippen LogP contribution in [0, 0.1) is 6.92 Å². The molecule has 3 heteroatoms. The van der Waals surface area contributed by atoms with E-state index in [1.807, 2.05) is 13.8 Å². The minimum absolute atomic E-state index is 0.745. The molecule has 0 fully saturated rings. The van der Waals surface area contributed by atoms with Crippen LogP contribution in [0.1, 0.15) is 25.0 Å². The molecule has 1 aromatic rings. The Kier molecular flexibility index (Phi) is 6.85. The molecule has 1 rings (SSSR count). The number of benzene rings is 1. The molecular formula is C14H22O2Si. The molecule has 0 unspecified atom stereocenters. The first-order valence-electron chi connectivity index (χ1n) is 6.23. The van der Waals surface area contributed by atoms with Crippen molar-refractivity contribution in [2.45, 2.75) is 26.8 Å². The van der Waals surface area contributed by atoms with E-state index < -0.39 is 9.28 Å². The molecule has 0 aliphatic rings. The third kappa shape index (κ3) is 5.30.